The van der Waals surface area contributed by atoms with Gasteiger partial charge in [0, 0.05) is 106 Å². The first kappa shape index (κ1) is 39.7. The van der Waals surface area contributed by atoms with Crippen molar-refractivity contribution in [2.45, 2.75) is 64.0 Å². The molecule has 4 amide bonds. The monoisotopic (exact) mass is 804 g/mol. The van der Waals surface area contributed by atoms with E-state index in [1.807, 2.05) is 47.4 Å². The Labute approximate surface area is 346 Å². The average Bonchev–Trinajstić information content (AvgIpc) is 3.57. The van der Waals surface area contributed by atoms with Crippen molar-refractivity contribution in [2.75, 3.05) is 80.1 Å². The fourth-order valence-corrected chi connectivity index (χ4v) is 10.0. The Bertz CT molecular complexity index is 2050. The van der Waals surface area contributed by atoms with Gasteiger partial charge in [0.1, 0.15) is 12.1 Å². The van der Waals surface area contributed by atoms with Crippen molar-refractivity contribution in [2.24, 2.45) is 11.3 Å². The third-order valence-corrected chi connectivity index (χ3v) is 13.6. The van der Waals surface area contributed by atoms with Crippen LogP contribution in [-0.2, 0) is 9.59 Å². The second-order valence-electron chi connectivity index (χ2n) is 17.0. The van der Waals surface area contributed by atoms with Gasteiger partial charge in [-0.25, -0.2) is 0 Å². The van der Waals surface area contributed by atoms with Crippen molar-refractivity contribution < 1.29 is 19.2 Å². The molecule has 0 aliphatic carbocycles. The molecule has 1 unspecified atom stereocenters. The number of piperidine rings is 3. The van der Waals surface area contributed by atoms with Crippen LogP contribution in [0, 0.1) is 22.7 Å². The average molecular weight is 805 g/mol. The molecule has 0 bridgehead atoms. The number of imide groups is 1. The van der Waals surface area contributed by atoms with Crippen LogP contribution in [0.15, 0.2) is 66.7 Å². The Morgan fingerprint density at radius 3 is 2.07 bits per heavy atom. The number of likely N-dealkylation sites (tertiary alicyclic amines) is 1. The number of rotatable bonds is 8. The molecule has 5 heterocycles. The van der Waals surface area contributed by atoms with Crippen molar-refractivity contribution in [1.82, 2.24) is 20.4 Å². The van der Waals surface area contributed by atoms with Crippen molar-refractivity contribution in [3.63, 3.8) is 0 Å². The first-order valence-corrected chi connectivity index (χ1v) is 21.3. The topological polar surface area (TPSA) is 132 Å². The quantitative estimate of drug-likeness (QED) is 0.291. The van der Waals surface area contributed by atoms with E-state index in [1.165, 1.54) is 5.69 Å². The largest absolute Gasteiger partial charge is 0.371 e. The summed E-state index contributed by atoms with van der Waals surface area (Å²) in [6.45, 7) is 11.6. The van der Waals surface area contributed by atoms with E-state index in [4.69, 9.17) is 11.6 Å². The second kappa shape index (κ2) is 17.0. The third-order valence-electron chi connectivity index (χ3n) is 13.3. The Kier molecular flexibility index (Phi) is 11.6. The van der Waals surface area contributed by atoms with Gasteiger partial charge in [-0.2, -0.15) is 5.26 Å². The van der Waals surface area contributed by atoms with Gasteiger partial charge in [0.05, 0.1) is 10.6 Å². The van der Waals surface area contributed by atoms with Gasteiger partial charge in [0.15, 0.2) is 0 Å². The van der Waals surface area contributed by atoms with Crippen LogP contribution in [-0.4, -0.2) is 111 Å². The standard InChI is InChI=1S/C45H53ClN8O4/c1-31-27-45(30-54(31)38-11-6-35(28-47)39(46)26-38)16-20-51(21-17-45)36-9-4-34(5-10-36)44(58)53-18-14-32(15-19-53)29-50-22-24-52(25-23-50)37-7-2-33(3-8-37)42(56)48-40-12-13-41(55)49-43(40)57/h2-11,26,31-32,40H,12-25,27,29-30H2,1H3,(H,48,56)(H,49,55,57)/t31-,40?/m0/s1. The Hall–Kier alpha value is -5.12. The van der Waals surface area contributed by atoms with Crippen LogP contribution in [0.25, 0.3) is 0 Å². The molecule has 5 fully saturated rings. The number of nitrogens with zero attached hydrogens (tertiary/aromatic N) is 6. The van der Waals surface area contributed by atoms with E-state index in [-0.39, 0.29) is 29.6 Å². The summed E-state index contributed by atoms with van der Waals surface area (Å²) in [5.74, 6) is -0.388. The lowest BCUT2D eigenvalue weighted by Gasteiger charge is -2.40. The first-order valence-electron chi connectivity index (χ1n) is 20.9. The second-order valence-corrected chi connectivity index (χ2v) is 17.4. The van der Waals surface area contributed by atoms with Crippen LogP contribution in [0.5, 0.6) is 0 Å². The molecule has 0 radical (unpaired) electrons. The molecule has 0 aromatic heterocycles. The highest BCUT2D eigenvalue weighted by molar-refractivity contribution is 6.32. The zero-order valence-corrected chi connectivity index (χ0v) is 34.1. The minimum atomic E-state index is -0.692. The van der Waals surface area contributed by atoms with Crippen LogP contribution in [0.3, 0.4) is 0 Å². The fourth-order valence-electron chi connectivity index (χ4n) is 9.81. The van der Waals surface area contributed by atoms with Gasteiger partial charge in [0.2, 0.25) is 11.8 Å². The minimum Gasteiger partial charge on any atom is -0.371 e. The number of nitriles is 1. The molecule has 5 aliphatic heterocycles. The molecule has 58 heavy (non-hydrogen) atoms. The van der Waals surface area contributed by atoms with Gasteiger partial charge in [-0.15, -0.1) is 0 Å². The lowest BCUT2D eigenvalue weighted by atomic mass is 9.76. The summed E-state index contributed by atoms with van der Waals surface area (Å²) in [6, 6.07) is 23.4. The summed E-state index contributed by atoms with van der Waals surface area (Å²) in [5.41, 5.74) is 5.37. The maximum absolute atomic E-state index is 13.6. The highest BCUT2D eigenvalue weighted by Crippen LogP contribution is 2.46. The number of piperazine rings is 1. The van der Waals surface area contributed by atoms with Crippen LogP contribution >= 0.6 is 11.6 Å². The minimum absolute atomic E-state index is 0.124. The number of nitrogens with one attached hydrogen (secondary N) is 2. The predicted molar refractivity (Wildman–Crippen MR) is 225 cm³/mol. The maximum Gasteiger partial charge on any atom is 0.253 e. The Morgan fingerprint density at radius 1 is 0.828 bits per heavy atom. The van der Waals surface area contributed by atoms with E-state index in [2.05, 4.69) is 55.4 Å². The molecular weight excluding hydrogens is 752 g/mol. The molecule has 12 nitrogen and oxygen atoms in total. The number of amides is 4. The van der Waals surface area contributed by atoms with E-state index in [0.717, 1.165) is 114 Å². The van der Waals surface area contributed by atoms with Gasteiger partial charge in [-0.3, -0.25) is 29.4 Å². The van der Waals surface area contributed by atoms with Crippen LogP contribution in [0.1, 0.15) is 78.1 Å². The number of halogens is 1. The molecule has 304 valence electrons. The summed E-state index contributed by atoms with van der Waals surface area (Å²) in [5, 5.41) is 14.8. The molecule has 8 rings (SSSR count). The summed E-state index contributed by atoms with van der Waals surface area (Å²) in [4.78, 5) is 61.5. The summed E-state index contributed by atoms with van der Waals surface area (Å²) < 4.78 is 0. The predicted octanol–water partition coefficient (Wildman–Crippen LogP) is 5.31. The Balaban J connectivity index is 0.749. The van der Waals surface area contributed by atoms with Crippen LogP contribution in [0.4, 0.5) is 17.1 Å². The smallest absolute Gasteiger partial charge is 0.253 e. The lowest BCUT2D eigenvalue weighted by molar-refractivity contribution is -0.134. The zero-order valence-electron chi connectivity index (χ0n) is 33.3. The molecule has 0 saturated carbocycles. The van der Waals surface area contributed by atoms with Crippen molar-refractivity contribution in [3.8, 4) is 6.07 Å². The highest BCUT2D eigenvalue weighted by atomic mass is 35.5. The van der Waals surface area contributed by atoms with E-state index in [0.29, 0.717) is 34.5 Å². The van der Waals surface area contributed by atoms with Crippen molar-refractivity contribution >= 4 is 52.3 Å². The van der Waals surface area contributed by atoms with E-state index >= 15 is 0 Å². The molecule has 2 N–H and O–H groups in total. The zero-order chi connectivity index (χ0) is 40.4. The van der Waals surface area contributed by atoms with Gasteiger partial charge >= 0.3 is 0 Å². The molecule has 1 spiro atoms. The molecule has 13 heteroatoms. The highest BCUT2D eigenvalue weighted by Gasteiger charge is 2.44. The number of carbonyl (C=O) groups is 4. The number of anilines is 3. The molecule has 3 aromatic rings. The normalized spacial score (nSPS) is 22.8. The molecule has 5 saturated heterocycles. The maximum atomic E-state index is 13.6. The van der Waals surface area contributed by atoms with Crippen molar-refractivity contribution in [3.05, 3.63) is 88.4 Å². The van der Waals surface area contributed by atoms with E-state index in [9.17, 15) is 24.4 Å². The first-order chi connectivity index (χ1) is 28.1. The molecule has 5 aliphatic rings. The fraction of sp³-hybridized carbons (Fsp3) is 0.489. The Morgan fingerprint density at radius 2 is 1.45 bits per heavy atom. The number of hydrogen-bond acceptors (Lipinski definition) is 9. The summed E-state index contributed by atoms with van der Waals surface area (Å²) >= 11 is 6.38. The van der Waals surface area contributed by atoms with E-state index < -0.39 is 11.9 Å². The van der Waals surface area contributed by atoms with Crippen LogP contribution in [0.2, 0.25) is 5.02 Å². The molecule has 2 atom stereocenters. The SMILES string of the molecule is C[C@H]1CC2(CCN(c3ccc(C(=O)N4CCC(CN5CCN(c6ccc(C(=O)NC7CCC(=O)NC7=O)cc6)CC5)CC4)cc3)CC2)CN1c1ccc(C#N)c(Cl)c1. The summed E-state index contributed by atoms with van der Waals surface area (Å²) in [6.07, 6.45) is 5.94. The van der Waals surface area contributed by atoms with Crippen molar-refractivity contribution in [1.29, 1.82) is 5.26 Å². The molecular formula is C45H53ClN8O4. The summed E-state index contributed by atoms with van der Waals surface area (Å²) in [7, 11) is 0. The van der Waals surface area contributed by atoms with Gasteiger partial charge < -0.3 is 24.9 Å². The number of benzene rings is 3. The van der Waals surface area contributed by atoms with E-state index in [1.54, 1.807) is 12.1 Å². The van der Waals surface area contributed by atoms with Gasteiger partial charge in [0.25, 0.3) is 11.8 Å². The van der Waals surface area contributed by atoms with Crippen LogP contribution < -0.4 is 25.3 Å². The number of hydrogen-bond donors (Lipinski definition) is 2. The lowest BCUT2D eigenvalue weighted by Crippen LogP contribution is -2.52. The number of carbonyl (C=O) groups excluding carboxylic acids is 4. The van der Waals surface area contributed by atoms with Gasteiger partial charge in [-0.05, 0) is 124 Å². The third kappa shape index (κ3) is 8.66. The van der Waals surface area contributed by atoms with Gasteiger partial charge in [-0.1, -0.05) is 11.6 Å². The molecule has 3 aromatic carbocycles.